The summed E-state index contributed by atoms with van der Waals surface area (Å²) in [6, 6.07) is 3.93. The SMILES string of the molecule is Nc1ncnc2c(I)ccc(Br)c12. The average molecular weight is 350 g/mol. The third-order valence-corrected chi connectivity index (χ3v) is 3.25. The number of benzene rings is 1. The number of aromatic nitrogens is 2. The molecule has 0 saturated heterocycles. The van der Waals surface area contributed by atoms with Crippen LogP contribution in [0.25, 0.3) is 10.9 Å². The number of nitrogens with two attached hydrogens (primary N) is 1. The Bertz CT molecular complexity index is 464. The van der Waals surface area contributed by atoms with Crippen LogP contribution >= 0.6 is 38.5 Å². The molecule has 0 saturated carbocycles. The van der Waals surface area contributed by atoms with Crippen molar-refractivity contribution < 1.29 is 0 Å². The minimum absolute atomic E-state index is 0.510. The minimum atomic E-state index is 0.510. The van der Waals surface area contributed by atoms with Crippen LogP contribution in [0.4, 0.5) is 5.82 Å². The first kappa shape index (κ1) is 9.14. The van der Waals surface area contributed by atoms with Gasteiger partial charge in [0.2, 0.25) is 0 Å². The number of nitrogens with zero attached hydrogens (tertiary/aromatic N) is 2. The lowest BCUT2D eigenvalue weighted by atomic mass is 10.2. The molecule has 0 amide bonds. The van der Waals surface area contributed by atoms with Gasteiger partial charge in [-0.1, -0.05) is 0 Å². The molecule has 66 valence electrons. The van der Waals surface area contributed by atoms with Crippen molar-refractivity contribution in [3.05, 3.63) is 26.5 Å². The van der Waals surface area contributed by atoms with E-state index in [2.05, 4.69) is 48.5 Å². The van der Waals surface area contributed by atoms with Gasteiger partial charge in [0.1, 0.15) is 12.1 Å². The highest BCUT2D eigenvalue weighted by molar-refractivity contribution is 14.1. The molecule has 0 radical (unpaired) electrons. The molecule has 1 aromatic heterocycles. The topological polar surface area (TPSA) is 51.8 Å². The fourth-order valence-corrected chi connectivity index (χ4v) is 2.24. The molecule has 0 atom stereocenters. The highest BCUT2D eigenvalue weighted by Crippen LogP contribution is 2.29. The van der Waals surface area contributed by atoms with Gasteiger partial charge in [0.15, 0.2) is 0 Å². The highest BCUT2D eigenvalue weighted by Gasteiger charge is 2.06. The maximum absolute atomic E-state index is 5.74. The molecular formula is C8H5BrIN3. The Kier molecular flexibility index (Phi) is 2.37. The first-order chi connectivity index (χ1) is 6.20. The van der Waals surface area contributed by atoms with Crippen molar-refractivity contribution >= 4 is 55.2 Å². The van der Waals surface area contributed by atoms with E-state index in [-0.39, 0.29) is 0 Å². The zero-order valence-electron chi connectivity index (χ0n) is 6.46. The van der Waals surface area contributed by atoms with E-state index in [1.165, 1.54) is 6.33 Å². The van der Waals surface area contributed by atoms with Crippen LogP contribution in [0.1, 0.15) is 0 Å². The Morgan fingerprint density at radius 3 is 2.77 bits per heavy atom. The summed E-state index contributed by atoms with van der Waals surface area (Å²) in [6.45, 7) is 0. The van der Waals surface area contributed by atoms with Crippen LogP contribution in [0, 0.1) is 3.57 Å². The van der Waals surface area contributed by atoms with E-state index in [0.29, 0.717) is 5.82 Å². The number of anilines is 1. The summed E-state index contributed by atoms with van der Waals surface area (Å²) in [6.07, 6.45) is 1.48. The van der Waals surface area contributed by atoms with Crippen molar-refractivity contribution in [3.63, 3.8) is 0 Å². The standard InChI is InChI=1S/C8H5BrIN3/c9-4-1-2-5(10)7-6(4)8(11)13-3-12-7/h1-3H,(H2,11,12,13). The van der Waals surface area contributed by atoms with E-state index < -0.39 is 0 Å². The molecule has 2 aromatic rings. The lowest BCUT2D eigenvalue weighted by Gasteiger charge is -2.03. The van der Waals surface area contributed by atoms with E-state index in [4.69, 9.17) is 5.73 Å². The molecule has 2 N–H and O–H groups in total. The quantitative estimate of drug-likeness (QED) is 0.744. The molecule has 2 rings (SSSR count). The smallest absolute Gasteiger partial charge is 0.135 e. The van der Waals surface area contributed by atoms with Gasteiger partial charge in [-0.3, -0.25) is 0 Å². The number of hydrogen-bond acceptors (Lipinski definition) is 3. The first-order valence-electron chi connectivity index (χ1n) is 3.54. The van der Waals surface area contributed by atoms with Gasteiger partial charge < -0.3 is 5.73 Å². The molecule has 5 heteroatoms. The average Bonchev–Trinajstić information content (AvgIpc) is 2.12. The highest BCUT2D eigenvalue weighted by atomic mass is 127. The largest absolute Gasteiger partial charge is 0.383 e. The second-order valence-corrected chi connectivity index (χ2v) is 4.53. The molecule has 0 fully saturated rings. The van der Waals surface area contributed by atoms with Crippen LogP contribution in [0.2, 0.25) is 0 Å². The van der Waals surface area contributed by atoms with Gasteiger partial charge in [-0.25, -0.2) is 9.97 Å². The molecule has 0 aliphatic rings. The van der Waals surface area contributed by atoms with Crippen LogP contribution in [0.15, 0.2) is 22.9 Å². The summed E-state index contributed by atoms with van der Waals surface area (Å²) in [7, 11) is 0. The van der Waals surface area contributed by atoms with Gasteiger partial charge in [-0.15, -0.1) is 0 Å². The Morgan fingerprint density at radius 2 is 2.08 bits per heavy atom. The van der Waals surface area contributed by atoms with Gasteiger partial charge in [-0.05, 0) is 50.7 Å². The number of halogens is 2. The van der Waals surface area contributed by atoms with Crippen molar-refractivity contribution in [3.8, 4) is 0 Å². The van der Waals surface area contributed by atoms with Crippen LogP contribution < -0.4 is 5.73 Å². The molecule has 3 nitrogen and oxygen atoms in total. The van der Waals surface area contributed by atoms with Gasteiger partial charge in [0.05, 0.1) is 10.9 Å². The summed E-state index contributed by atoms with van der Waals surface area (Å²) in [5.41, 5.74) is 6.63. The second kappa shape index (κ2) is 3.38. The van der Waals surface area contributed by atoms with Crippen molar-refractivity contribution in [1.82, 2.24) is 9.97 Å². The molecule has 0 aliphatic carbocycles. The Hall–Kier alpha value is -0.430. The first-order valence-corrected chi connectivity index (χ1v) is 5.41. The summed E-state index contributed by atoms with van der Waals surface area (Å²) in [4.78, 5) is 8.12. The maximum atomic E-state index is 5.74. The van der Waals surface area contributed by atoms with Gasteiger partial charge >= 0.3 is 0 Å². The lowest BCUT2D eigenvalue weighted by Crippen LogP contribution is -1.95. The zero-order chi connectivity index (χ0) is 9.42. The molecule has 0 aliphatic heterocycles. The third-order valence-electron chi connectivity index (χ3n) is 1.72. The Balaban J connectivity index is 3.00. The number of hydrogen-bond donors (Lipinski definition) is 1. The monoisotopic (exact) mass is 349 g/mol. The van der Waals surface area contributed by atoms with Crippen molar-refractivity contribution in [2.45, 2.75) is 0 Å². The Labute approximate surface area is 97.0 Å². The van der Waals surface area contributed by atoms with Crippen LogP contribution in [-0.2, 0) is 0 Å². The minimum Gasteiger partial charge on any atom is -0.383 e. The van der Waals surface area contributed by atoms with E-state index in [0.717, 1.165) is 18.9 Å². The molecule has 13 heavy (non-hydrogen) atoms. The number of fused-ring (bicyclic) bond motifs is 1. The van der Waals surface area contributed by atoms with Crippen molar-refractivity contribution in [2.75, 3.05) is 5.73 Å². The van der Waals surface area contributed by atoms with E-state index >= 15 is 0 Å². The molecule has 0 bridgehead atoms. The summed E-state index contributed by atoms with van der Waals surface area (Å²) < 4.78 is 2.01. The maximum Gasteiger partial charge on any atom is 0.135 e. The van der Waals surface area contributed by atoms with Gasteiger partial charge in [0.25, 0.3) is 0 Å². The van der Waals surface area contributed by atoms with Crippen LogP contribution in [-0.4, -0.2) is 9.97 Å². The predicted molar refractivity (Wildman–Crippen MR) is 64.4 cm³/mol. The summed E-state index contributed by atoms with van der Waals surface area (Å²) in [5.74, 6) is 0.510. The van der Waals surface area contributed by atoms with Gasteiger partial charge in [-0.2, -0.15) is 0 Å². The second-order valence-electron chi connectivity index (χ2n) is 2.51. The molecule has 0 unspecified atom stereocenters. The summed E-state index contributed by atoms with van der Waals surface area (Å²) in [5, 5.41) is 0.884. The number of nitrogen functional groups attached to an aromatic ring is 1. The van der Waals surface area contributed by atoms with E-state index in [9.17, 15) is 0 Å². The lowest BCUT2D eigenvalue weighted by molar-refractivity contribution is 1.22. The Morgan fingerprint density at radius 1 is 1.31 bits per heavy atom. The number of rotatable bonds is 0. The molecular weight excluding hydrogens is 345 g/mol. The van der Waals surface area contributed by atoms with E-state index in [1.54, 1.807) is 0 Å². The molecule has 1 aromatic carbocycles. The van der Waals surface area contributed by atoms with Crippen LogP contribution in [0.5, 0.6) is 0 Å². The van der Waals surface area contributed by atoms with Crippen molar-refractivity contribution in [1.29, 1.82) is 0 Å². The van der Waals surface area contributed by atoms with Crippen molar-refractivity contribution in [2.24, 2.45) is 0 Å². The van der Waals surface area contributed by atoms with Gasteiger partial charge in [0, 0.05) is 8.04 Å². The van der Waals surface area contributed by atoms with Crippen LogP contribution in [0.3, 0.4) is 0 Å². The predicted octanol–water partition coefficient (Wildman–Crippen LogP) is 2.58. The molecule has 1 heterocycles. The summed E-state index contributed by atoms with van der Waals surface area (Å²) >= 11 is 5.64. The molecule has 0 spiro atoms. The normalized spacial score (nSPS) is 10.6. The third kappa shape index (κ3) is 1.50. The fourth-order valence-electron chi connectivity index (χ4n) is 1.12. The van der Waals surface area contributed by atoms with E-state index in [1.807, 2.05) is 12.1 Å². The zero-order valence-corrected chi connectivity index (χ0v) is 10.2. The fraction of sp³-hybridized carbons (Fsp3) is 0.